The molecule has 1 aromatic carbocycles. The van der Waals surface area contributed by atoms with Gasteiger partial charge in [-0.1, -0.05) is 0 Å². The van der Waals surface area contributed by atoms with Crippen molar-refractivity contribution in [3.63, 3.8) is 0 Å². The molecule has 1 fully saturated rings. The number of rotatable bonds is 6. The lowest BCUT2D eigenvalue weighted by molar-refractivity contribution is -0.906. The number of quaternary nitrogens is 1. The Labute approximate surface area is 129 Å². The fourth-order valence-electron chi connectivity index (χ4n) is 2.33. The van der Waals surface area contributed by atoms with Crippen LogP contribution in [-0.4, -0.2) is 59.0 Å². The lowest BCUT2D eigenvalue weighted by Gasteiger charge is -2.23. The van der Waals surface area contributed by atoms with Gasteiger partial charge in [0, 0.05) is 12.3 Å². The van der Waals surface area contributed by atoms with E-state index in [2.05, 4.69) is 5.32 Å². The van der Waals surface area contributed by atoms with E-state index in [1.165, 1.54) is 17.0 Å². The molecule has 1 heterocycles. The molecule has 0 aliphatic carbocycles. The van der Waals surface area contributed by atoms with Crippen LogP contribution in [0.25, 0.3) is 0 Å². The molecule has 122 valence electrons. The monoisotopic (exact) mass is 330 g/mol. The third kappa shape index (κ3) is 4.39. The van der Waals surface area contributed by atoms with E-state index in [0.717, 1.165) is 45.2 Å². The highest BCUT2D eigenvalue weighted by Crippen LogP contribution is 2.27. The second-order valence-corrected chi connectivity index (χ2v) is 7.26. The van der Waals surface area contributed by atoms with Gasteiger partial charge in [0.05, 0.1) is 36.1 Å². The average molecular weight is 330 g/mol. The number of ether oxygens (including phenoxy) is 1. The lowest BCUT2D eigenvalue weighted by Crippen LogP contribution is -3.14. The second-order valence-electron chi connectivity index (χ2n) is 5.25. The number of hydrogen-bond acceptors (Lipinski definition) is 6. The summed E-state index contributed by atoms with van der Waals surface area (Å²) in [7, 11) is -3.46. The normalized spacial score (nSPS) is 16.4. The number of nitro groups is 1. The molecule has 2 N–H and O–H groups in total. The van der Waals surface area contributed by atoms with Gasteiger partial charge < -0.3 is 15.0 Å². The van der Waals surface area contributed by atoms with Crippen LogP contribution >= 0.6 is 0 Å². The van der Waals surface area contributed by atoms with Gasteiger partial charge >= 0.3 is 0 Å². The molecule has 1 aliphatic heterocycles. The van der Waals surface area contributed by atoms with E-state index >= 15 is 0 Å². The Morgan fingerprint density at radius 1 is 1.36 bits per heavy atom. The highest BCUT2D eigenvalue weighted by molar-refractivity contribution is 7.90. The molecule has 0 amide bonds. The van der Waals surface area contributed by atoms with Gasteiger partial charge in [-0.2, -0.15) is 0 Å². The van der Waals surface area contributed by atoms with E-state index < -0.39 is 14.8 Å². The first-order valence-electron chi connectivity index (χ1n) is 7.01. The van der Waals surface area contributed by atoms with Crippen LogP contribution < -0.4 is 10.2 Å². The van der Waals surface area contributed by atoms with Crippen LogP contribution in [0.2, 0.25) is 0 Å². The van der Waals surface area contributed by atoms with Crippen molar-refractivity contribution in [1.29, 1.82) is 0 Å². The summed E-state index contributed by atoms with van der Waals surface area (Å²) in [6.45, 7) is 4.73. The Morgan fingerprint density at radius 3 is 2.64 bits per heavy atom. The first-order chi connectivity index (χ1) is 10.4. The van der Waals surface area contributed by atoms with Crippen LogP contribution in [0.1, 0.15) is 0 Å². The zero-order valence-corrected chi connectivity index (χ0v) is 13.2. The van der Waals surface area contributed by atoms with E-state index in [0.29, 0.717) is 12.2 Å². The minimum Gasteiger partial charge on any atom is -0.374 e. The molecule has 0 spiro atoms. The average Bonchev–Trinajstić information content (AvgIpc) is 2.47. The smallest absolute Gasteiger partial charge is 0.293 e. The quantitative estimate of drug-likeness (QED) is 0.529. The minimum atomic E-state index is -3.46. The third-order valence-electron chi connectivity index (χ3n) is 3.59. The van der Waals surface area contributed by atoms with Crippen molar-refractivity contribution in [2.45, 2.75) is 4.90 Å². The number of nitrogens with one attached hydrogen (secondary N) is 2. The summed E-state index contributed by atoms with van der Waals surface area (Å²) in [5.74, 6) is 0. The summed E-state index contributed by atoms with van der Waals surface area (Å²) >= 11 is 0. The Bertz CT molecular complexity index is 641. The number of hydrogen-bond donors (Lipinski definition) is 2. The molecule has 0 radical (unpaired) electrons. The zero-order chi connectivity index (χ0) is 16.2. The topological polar surface area (TPSA) is 103 Å². The summed E-state index contributed by atoms with van der Waals surface area (Å²) in [6.07, 6.45) is 1.03. The molecule has 22 heavy (non-hydrogen) atoms. The lowest BCUT2D eigenvalue weighted by atomic mass is 10.2. The second kappa shape index (κ2) is 7.03. The number of anilines is 1. The maximum absolute atomic E-state index is 11.5. The highest BCUT2D eigenvalue weighted by Gasteiger charge is 2.19. The largest absolute Gasteiger partial charge is 0.374 e. The molecule has 0 unspecified atom stereocenters. The SMILES string of the molecule is CS(=O)(=O)c1ccc(NCC[NH+]2CCOCC2)c([N+](=O)[O-])c1. The van der Waals surface area contributed by atoms with Gasteiger partial charge in [0.1, 0.15) is 18.8 Å². The predicted molar refractivity (Wildman–Crippen MR) is 81.1 cm³/mol. The molecule has 0 atom stereocenters. The Kier molecular flexibility index (Phi) is 5.33. The molecule has 0 bridgehead atoms. The van der Waals surface area contributed by atoms with Crippen LogP contribution in [-0.2, 0) is 14.6 Å². The van der Waals surface area contributed by atoms with Crippen molar-refractivity contribution < 1.29 is 23.0 Å². The highest BCUT2D eigenvalue weighted by atomic mass is 32.2. The molecule has 0 saturated carbocycles. The van der Waals surface area contributed by atoms with Gasteiger partial charge in [0.15, 0.2) is 9.84 Å². The predicted octanol–water partition coefficient (Wildman–Crippen LogP) is -0.675. The molecule has 0 aromatic heterocycles. The van der Waals surface area contributed by atoms with Crippen molar-refractivity contribution >= 4 is 21.2 Å². The van der Waals surface area contributed by atoms with Gasteiger partial charge in [-0.05, 0) is 12.1 Å². The molecule has 8 nitrogen and oxygen atoms in total. The molecule has 1 saturated heterocycles. The van der Waals surface area contributed by atoms with E-state index in [9.17, 15) is 18.5 Å². The molecule has 9 heteroatoms. The van der Waals surface area contributed by atoms with Crippen LogP contribution in [0, 0.1) is 10.1 Å². The Hall–Kier alpha value is -1.71. The summed E-state index contributed by atoms with van der Waals surface area (Å²) < 4.78 is 28.2. The number of nitro benzene ring substituents is 1. The third-order valence-corrected chi connectivity index (χ3v) is 4.70. The maximum Gasteiger partial charge on any atom is 0.293 e. The number of nitrogens with zero attached hydrogens (tertiary/aromatic N) is 1. The Morgan fingerprint density at radius 2 is 2.05 bits per heavy atom. The molecular weight excluding hydrogens is 310 g/mol. The van der Waals surface area contributed by atoms with Crippen LogP contribution in [0.15, 0.2) is 23.1 Å². The van der Waals surface area contributed by atoms with E-state index in [1.807, 2.05) is 0 Å². The van der Waals surface area contributed by atoms with Crippen molar-refractivity contribution in [3.05, 3.63) is 28.3 Å². The number of benzene rings is 1. The summed E-state index contributed by atoms with van der Waals surface area (Å²) in [5, 5.41) is 14.1. The van der Waals surface area contributed by atoms with E-state index in [4.69, 9.17) is 4.74 Å². The molecule has 1 aliphatic rings. The van der Waals surface area contributed by atoms with Crippen molar-refractivity contribution in [3.8, 4) is 0 Å². The summed E-state index contributed by atoms with van der Waals surface area (Å²) in [6, 6.07) is 3.93. The van der Waals surface area contributed by atoms with Crippen LogP contribution in [0.4, 0.5) is 11.4 Å². The van der Waals surface area contributed by atoms with Gasteiger partial charge in [0.25, 0.3) is 5.69 Å². The van der Waals surface area contributed by atoms with Gasteiger partial charge in [-0.25, -0.2) is 8.42 Å². The molecular formula is C13H20N3O5S+. The van der Waals surface area contributed by atoms with Crippen LogP contribution in [0.5, 0.6) is 0 Å². The maximum atomic E-state index is 11.5. The first kappa shape index (κ1) is 16.7. The molecule has 1 aromatic rings. The number of morpholine rings is 1. The van der Waals surface area contributed by atoms with E-state index in [-0.39, 0.29) is 10.6 Å². The zero-order valence-electron chi connectivity index (χ0n) is 12.4. The standard InChI is InChI=1S/C13H19N3O5S/c1-22(19,20)11-2-3-12(13(10-11)16(17)18)14-4-5-15-6-8-21-9-7-15/h2-3,10,14H,4-9H2,1H3/p+1. The van der Waals surface area contributed by atoms with Gasteiger partial charge in [0.2, 0.25) is 0 Å². The fraction of sp³-hybridized carbons (Fsp3) is 0.538. The van der Waals surface area contributed by atoms with Crippen molar-refractivity contribution in [1.82, 2.24) is 0 Å². The van der Waals surface area contributed by atoms with Crippen molar-refractivity contribution in [2.24, 2.45) is 0 Å². The summed E-state index contributed by atoms with van der Waals surface area (Å²) in [5.41, 5.74) is 0.116. The van der Waals surface area contributed by atoms with Crippen LogP contribution in [0.3, 0.4) is 0 Å². The van der Waals surface area contributed by atoms with Gasteiger partial charge in [-0.15, -0.1) is 0 Å². The Balaban J connectivity index is 2.05. The van der Waals surface area contributed by atoms with Gasteiger partial charge in [-0.3, -0.25) is 10.1 Å². The fourth-order valence-corrected chi connectivity index (χ4v) is 2.97. The number of sulfone groups is 1. The first-order valence-corrected chi connectivity index (χ1v) is 8.91. The van der Waals surface area contributed by atoms with Crippen molar-refractivity contribution in [2.75, 3.05) is 51.0 Å². The minimum absolute atomic E-state index is 0.0523. The molecule has 2 rings (SSSR count). The summed E-state index contributed by atoms with van der Waals surface area (Å²) in [4.78, 5) is 11.9. The van der Waals surface area contributed by atoms with E-state index in [1.54, 1.807) is 0 Å².